The zero-order chi connectivity index (χ0) is 14.0. The molecule has 1 aliphatic rings. The van der Waals surface area contributed by atoms with Crippen molar-refractivity contribution in [2.75, 3.05) is 37.8 Å². The second-order valence-electron chi connectivity index (χ2n) is 5.19. The lowest BCUT2D eigenvalue weighted by molar-refractivity contribution is -0.384. The highest BCUT2D eigenvalue weighted by atomic mass is 16.6. The van der Waals surface area contributed by atoms with Gasteiger partial charge in [0.1, 0.15) is 0 Å². The largest absolute Gasteiger partial charge is 0.398 e. The predicted molar refractivity (Wildman–Crippen MR) is 76.4 cm³/mol. The molecule has 1 aliphatic heterocycles. The van der Waals surface area contributed by atoms with Gasteiger partial charge in [0.25, 0.3) is 5.69 Å². The number of rotatable bonds is 3. The monoisotopic (exact) mass is 264 g/mol. The molecule has 1 fully saturated rings. The van der Waals surface area contributed by atoms with Crippen LogP contribution in [0.2, 0.25) is 0 Å². The minimum atomic E-state index is -0.400. The third-order valence-corrected chi connectivity index (χ3v) is 3.78. The molecule has 0 bridgehead atoms. The van der Waals surface area contributed by atoms with Crippen LogP contribution in [0.3, 0.4) is 0 Å². The van der Waals surface area contributed by atoms with Gasteiger partial charge in [0.2, 0.25) is 0 Å². The Labute approximate surface area is 112 Å². The number of benzene rings is 1. The summed E-state index contributed by atoms with van der Waals surface area (Å²) in [7, 11) is 4.09. The third kappa shape index (κ3) is 3.14. The topological polar surface area (TPSA) is 75.6 Å². The van der Waals surface area contributed by atoms with Crippen LogP contribution in [0.1, 0.15) is 12.8 Å². The maximum atomic E-state index is 10.9. The average molecular weight is 264 g/mol. The van der Waals surface area contributed by atoms with Crippen molar-refractivity contribution >= 4 is 17.1 Å². The minimum absolute atomic E-state index is 0.0507. The van der Waals surface area contributed by atoms with Crippen LogP contribution in [0.5, 0.6) is 0 Å². The Morgan fingerprint density at radius 3 is 2.58 bits per heavy atom. The second-order valence-corrected chi connectivity index (χ2v) is 5.19. The third-order valence-electron chi connectivity index (χ3n) is 3.78. The summed E-state index contributed by atoms with van der Waals surface area (Å²) in [5.74, 6) is 0. The maximum Gasteiger partial charge on any atom is 0.273 e. The Balaban J connectivity index is 2.18. The molecule has 6 heteroatoms. The second kappa shape index (κ2) is 5.44. The van der Waals surface area contributed by atoms with Crippen LogP contribution in [0.25, 0.3) is 0 Å². The molecule has 0 aliphatic carbocycles. The van der Waals surface area contributed by atoms with Gasteiger partial charge < -0.3 is 15.5 Å². The van der Waals surface area contributed by atoms with Crippen LogP contribution in [-0.2, 0) is 0 Å². The summed E-state index contributed by atoms with van der Waals surface area (Å²) in [6, 6.07) is 5.20. The standard InChI is InChI=1S/C13H20N4O2/c1-15-5-3-11(4-6-15)16(2)12-7-10(14)8-13(9-12)17(18)19/h7-9,11H,3-6,14H2,1-2H3. The molecule has 2 N–H and O–H groups in total. The van der Waals surface area contributed by atoms with Gasteiger partial charge in [-0.2, -0.15) is 0 Å². The smallest absolute Gasteiger partial charge is 0.273 e. The van der Waals surface area contributed by atoms with Crippen molar-refractivity contribution in [1.29, 1.82) is 0 Å². The molecule has 0 spiro atoms. The lowest BCUT2D eigenvalue weighted by Gasteiger charge is -2.36. The predicted octanol–water partition coefficient (Wildman–Crippen LogP) is 1.71. The van der Waals surface area contributed by atoms with E-state index in [2.05, 4.69) is 16.8 Å². The highest BCUT2D eigenvalue weighted by Crippen LogP contribution is 2.28. The molecule has 104 valence electrons. The Morgan fingerprint density at radius 2 is 2.00 bits per heavy atom. The van der Waals surface area contributed by atoms with Crippen LogP contribution >= 0.6 is 0 Å². The fourth-order valence-electron chi connectivity index (χ4n) is 2.52. The molecule has 1 aromatic rings. The van der Waals surface area contributed by atoms with Gasteiger partial charge in [-0.3, -0.25) is 10.1 Å². The van der Waals surface area contributed by atoms with Crippen LogP contribution < -0.4 is 10.6 Å². The molecular weight excluding hydrogens is 244 g/mol. The molecule has 0 saturated carbocycles. The van der Waals surface area contributed by atoms with E-state index in [1.807, 2.05) is 7.05 Å². The normalized spacial score (nSPS) is 17.4. The van der Waals surface area contributed by atoms with Crippen LogP contribution in [0.15, 0.2) is 18.2 Å². The number of nitro groups is 1. The first-order chi connectivity index (χ1) is 8.97. The van der Waals surface area contributed by atoms with Gasteiger partial charge in [0, 0.05) is 36.6 Å². The van der Waals surface area contributed by atoms with Gasteiger partial charge in [0.05, 0.1) is 4.92 Å². The van der Waals surface area contributed by atoms with Crippen molar-refractivity contribution in [2.45, 2.75) is 18.9 Å². The van der Waals surface area contributed by atoms with Gasteiger partial charge in [-0.15, -0.1) is 0 Å². The highest BCUT2D eigenvalue weighted by molar-refractivity contribution is 5.62. The molecule has 19 heavy (non-hydrogen) atoms. The Morgan fingerprint density at radius 1 is 1.37 bits per heavy atom. The first-order valence-electron chi connectivity index (χ1n) is 6.43. The zero-order valence-electron chi connectivity index (χ0n) is 11.4. The first kappa shape index (κ1) is 13.6. The van der Waals surface area contributed by atoms with Crippen molar-refractivity contribution in [2.24, 2.45) is 0 Å². The Bertz CT molecular complexity index is 470. The molecule has 1 saturated heterocycles. The molecule has 0 radical (unpaired) electrons. The molecular formula is C13H20N4O2. The number of nitrogens with two attached hydrogens (primary N) is 1. The van der Waals surface area contributed by atoms with Gasteiger partial charge in [-0.25, -0.2) is 0 Å². The fourth-order valence-corrected chi connectivity index (χ4v) is 2.52. The number of nitro benzene ring substituents is 1. The number of nitrogens with zero attached hydrogens (tertiary/aromatic N) is 3. The number of nitrogen functional groups attached to an aromatic ring is 1. The van der Waals surface area contributed by atoms with Crippen molar-refractivity contribution in [3.05, 3.63) is 28.3 Å². The summed E-state index contributed by atoms with van der Waals surface area (Å²) < 4.78 is 0. The molecule has 1 heterocycles. The van der Waals surface area contributed by atoms with Gasteiger partial charge in [0.15, 0.2) is 0 Å². The zero-order valence-corrected chi connectivity index (χ0v) is 11.4. The summed E-state index contributed by atoms with van der Waals surface area (Å²) in [6.07, 6.45) is 2.13. The van der Waals surface area contributed by atoms with E-state index in [0.717, 1.165) is 31.6 Å². The lowest BCUT2D eigenvalue weighted by atomic mass is 10.0. The van der Waals surface area contributed by atoms with E-state index in [0.29, 0.717) is 11.7 Å². The summed E-state index contributed by atoms with van der Waals surface area (Å²) in [6.45, 7) is 2.11. The van der Waals surface area contributed by atoms with E-state index in [1.165, 1.54) is 6.07 Å². The molecule has 0 amide bonds. The maximum absolute atomic E-state index is 10.9. The molecule has 1 aromatic carbocycles. The van der Waals surface area contributed by atoms with E-state index >= 15 is 0 Å². The van der Waals surface area contributed by atoms with Gasteiger partial charge >= 0.3 is 0 Å². The quantitative estimate of drug-likeness (QED) is 0.511. The molecule has 2 rings (SSSR count). The average Bonchev–Trinajstić information content (AvgIpc) is 2.38. The molecule has 0 unspecified atom stereocenters. The van der Waals surface area contributed by atoms with Crippen molar-refractivity contribution in [1.82, 2.24) is 4.90 Å². The molecule has 0 atom stereocenters. The van der Waals surface area contributed by atoms with E-state index in [9.17, 15) is 10.1 Å². The summed E-state index contributed by atoms with van der Waals surface area (Å²) in [4.78, 5) is 14.9. The Hall–Kier alpha value is -1.82. The number of hydrogen-bond acceptors (Lipinski definition) is 5. The van der Waals surface area contributed by atoms with Gasteiger partial charge in [-0.1, -0.05) is 0 Å². The van der Waals surface area contributed by atoms with Gasteiger partial charge in [-0.05, 0) is 39.0 Å². The number of hydrogen-bond donors (Lipinski definition) is 1. The summed E-state index contributed by atoms with van der Waals surface area (Å²) >= 11 is 0. The van der Waals surface area contributed by atoms with Crippen molar-refractivity contribution < 1.29 is 4.92 Å². The highest BCUT2D eigenvalue weighted by Gasteiger charge is 2.22. The number of likely N-dealkylation sites (tertiary alicyclic amines) is 1. The minimum Gasteiger partial charge on any atom is -0.398 e. The summed E-state index contributed by atoms with van der Waals surface area (Å²) in [5.41, 5.74) is 7.05. The van der Waals surface area contributed by atoms with Crippen LogP contribution in [-0.4, -0.2) is 43.0 Å². The van der Waals surface area contributed by atoms with Crippen molar-refractivity contribution in [3.63, 3.8) is 0 Å². The fraction of sp³-hybridized carbons (Fsp3) is 0.538. The van der Waals surface area contributed by atoms with E-state index < -0.39 is 4.92 Å². The van der Waals surface area contributed by atoms with Crippen molar-refractivity contribution in [3.8, 4) is 0 Å². The number of non-ortho nitro benzene ring substituents is 1. The van der Waals surface area contributed by atoms with E-state index in [1.54, 1.807) is 12.1 Å². The lowest BCUT2D eigenvalue weighted by Crippen LogP contribution is -2.42. The van der Waals surface area contributed by atoms with E-state index in [4.69, 9.17) is 5.73 Å². The summed E-state index contributed by atoms with van der Waals surface area (Å²) in [5, 5.41) is 10.9. The molecule has 0 aromatic heterocycles. The van der Waals surface area contributed by atoms with E-state index in [-0.39, 0.29) is 5.69 Å². The van der Waals surface area contributed by atoms with Crippen LogP contribution in [0, 0.1) is 10.1 Å². The SMILES string of the molecule is CN1CCC(N(C)c2cc(N)cc([N+](=O)[O-])c2)CC1. The molecule has 6 nitrogen and oxygen atoms in total. The Kier molecular flexibility index (Phi) is 3.90. The number of piperidine rings is 1. The number of anilines is 2. The van der Waals surface area contributed by atoms with Crippen LogP contribution in [0.4, 0.5) is 17.1 Å². The first-order valence-corrected chi connectivity index (χ1v) is 6.43.